The highest BCUT2D eigenvalue weighted by Gasteiger charge is 2.42. The van der Waals surface area contributed by atoms with E-state index >= 15 is 0 Å². The van der Waals surface area contributed by atoms with Crippen molar-refractivity contribution in [2.75, 3.05) is 33.9 Å². The van der Waals surface area contributed by atoms with Crippen molar-refractivity contribution >= 4 is 11.8 Å². The van der Waals surface area contributed by atoms with Crippen LogP contribution in [0, 0.1) is 18.8 Å². The SMILES string of the molecule is COc1ccc(OC)c([C@@H]2CN(C(=O)c3ccccc3C)C[C@@H]2C(=O)NCCC(C)C)c1. The Hall–Kier alpha value is -3.02. The summed E-state index contributed by atoms with van der Waals surface area (Å²) in [6.45, 7) is 7.63. The summed E-state index contributed by atoms with van der Waals surface area (Å²) in [5.74, 6) is 1.27. The molecule has 1 N–H and O–H groups in total. The first-order chi connectivity index (χ1) is 15.3. The van der Waals surface area contributed by atoms with E-state index in [0.29, 0.717) is 42.6 Å². The van der Waals surface area contributed by atoms with Crippen LogP contribution in [0.2, 0.25) is 0 Å². The number of carbonyl (C=O) groups excluding carboxylic acids is 2. The van der Waals surface area contributed by atoms with Gasteiger partial charge in [0.25, 0.3) is 5.91 Å². The predicted molar refractivity (Wildman–Crippen MR) is 125 cm³/mol. The molecule has 1 aliphatic rings. The van der Waals surface area contributed by atoms with Gasteiger partial charge in [-0.1, -0.05) is 32.0 Å². The normalized spacial score (nSPS) is 18.0. The van der Waals surface area contributed by atoms with Gasteiger partial charge < -0.3 is 19.7 Å². The summed E-state index contributed by atoms with van der Waals surface area (Å²) >= 11 is 0. The van der Waals surface area contributed by atoms with Crippen LogP contribution in [0.5, 0.6) is 11.5 Å². The Morgan fingerprint density at radius 3 is 2.50 bits per heavy atom. The van der Waals surface area contributed by atoms with Crippen LogP contribution in [0.3, 0.4) is 0 Å². The van der Waals surface area contributed by atoms with Crippen LogP contribution >= 0.6 is 0 Å². The van der Waals surface area contributed by atoms with Crippen molar-refractivity contribution in [2.24, 2.45) is 11.8 Å². The van der Waals surface area contributed by atoms with Crippen molar-refractivity contribution in [1.82, 2.24) is 10.2 Å². The maximum atomic E-state index is 13.3. The van der Waals surface area contributed by atoms with Crippen molar-refractivity contribution < 1.29 is 19.1 Å². The van der Waals surface area contributed by atoms with Gasteiger partial charge in [-0.15, -0.1) is 0 Å². The lowest BCUT2D eigenvalue weighted by atomic mass is 9.87. The van der Waals surface area contributed by atoms with Crippen LogP contribution in [-0.4, -0.2) is 50.6 Å². The van der Waals surface area contributed by atoms with E-state index in [-0.39, 0.29) is 23.7 Å². The molecule has 2 amide bonds. The fourth-order valence-corrected chi connectivity index (χ4v) is 4.28. The second-order valence-electron chi connectivity index (χ2n) is 8.82. The maximum absolute atomic E-state index is 13.3. The highest BCUT2D eigenvalue weighted by atomic mass is 16.5. The van der Waals surface area contributed by atoms with E-state index in [9.17, 15) is 9.59 Å². The molecule has 0 aliphatic carbocycles. The predicted octanol–water partition coefficient (Wildman–Crippen LogP) is 4.03. The lowest BCUT2D eigenvalue weighted by Crippen LogP contribution is -2.36. The Morgan fingerprint density at radius 1 is 1.09 bits per heavy atom. The Morgan fingerprint density at radius 2 is 1.84 bits per heavy atom. The Bertz CT molecular complexity index is 957. The third-order valence-electron chi connectivity index (χ3n) is 6.18. The van der Waals surface area contributed by atoms with Gasteiger partial charge in [0, 0.05) is 36.7 Å². The fraction of sp³-hybridized carbons (Fsp3) is 0.462. The number of rotatable bonds is 8. The molecule has 3 rings (SSSR count). The molecule has 0 bridgehead atoms. The molecular weight excluding hydrogens is 404 g/mol. The topological polar surface area (TPSA) is 67.9 Å². The van der Waals surface area contributed by atoms with E-state index in [4.69, 9.17) is 9.47 Å². The summed E-state index contributed by atoms with van der Waals surface area (Å²) in [7, 11) is 3.23. The molecule has 2 aromatic carbocycles. The van der Waals surface area contributed by atoms with E-state index < -0.39 is 0 Å². The third kappa shape index (κ3) is 5.23. The van der Waals surface area contributed by atoms with Gasteiger partial charge in [0.05, 0.1) is 20.1 Å². The molecule has 1 aliphatic heterocycles. The number of aryl methyl sites for hydroxylation is 1. The summed E-state index contributed by atoms with van der Waals surface area (Å²) in [6, 6.07) is 13.2. The highest BCUT2D eigenvalue weighted by molar-refractivity contribution is 5.96. The largest absolute Gasteiger partial charge is 0.497 e. The molecule has 0 saturated carbocycles. The first-order valence-electron chi connectivity index (χ1n) is 11.2. The smallest absolute Gasteiger partial charge is 0.254 e. The molecule has 1 fully saturated rings. The number of carbonyl (C=O) groups is 2. The van der Waals surface area contributed by atoms with Crippen molar-refractivity contribution in [1.29, 1.82) is 0 Å². The summed E-state index contributed by atoms with van der Waals surface area (Å²) in [5.41, 5.74) is 2.48. The van der Waals surface area contributed by atoms with Crippen LogP contribution in [0.1, 0.15) is 47.7 Å². The van der Waals surface area contributed by atoms with Gasteiger partial charge in [0.2, 0.25) is 5.91 Å². The van der Waals surface area contributed by atoms with Crippen LogP contribution in [0.4, 0.5) is 0 Å². The Kier molecular flexibility index (Phi) is 7.78. The van der Waals surface area contributed by atoms with Crippen molar-refractivity contribution in [3.8, 4) is 11.5 Å². The van der Waals surface area contributed by atoms with Gasteiger partial charge >= 0.3 is 0 Å². The monoisotopic (exact) mass is 438 g/mol. The van der Waals surface area contributed by atoms with E-state index in [1.807, 2.05) is 49.4 Å². The number of amides is 2. The molecule has 0 unspecified atom stereocenters. The van der Waals surface area contributed by atoms with Gasteiger partial charge in [0.1, 0.15) is 11.5 Å². The minimum Gasteiger partial charge on any atom is -0.497 e. The number of likely N-dealkylation sites (tertiary alicyclic amines) is 1. The zero-order chi connectivity index (χ0) is 23.3. The summed E-state index contributed by atoms with van der Waals surface area (Å²) < 4.78 is 11.0. The molecule has 1 heterocycles. The second-order valence-corrected chi connectivity index (χ2v) is 8.82. The zero-order valence-corrected chi connectivity index (χ0v) is 19.7. The lowest BCUT2D eigenvalue weighted by molar-refractivity contribution is -0.124. The molecule has 0 radical (unpaired) electrons. The van der Waals surface area contributed by atoms with Gasteiger partial charge in [-0.25, -0.2) is 0 Å². The number of benzene rings is 2. The van der Waals surface area contributed by atoms with E-state index in [1.54, 1.807) is 19.1 Å². The highest BCUT2D eigenvalue weighted by Crippen LogP contribution is 2.40. The minimum absolute atomic E-state index is 0.0272. The van der Waals surface area contributed by atoms with Crippen molar-refractivity contribution in [3.05, 3.63) is 59.2 Å². The summed E-state index contributed by atoms with van der Waals surface area (Å²) in [4.78, 5) is 28.3. The van der Waals surface area contributed by atoms with Gasteiger partial charge in [-0.05, 0) is 49.1 Å². The lowest BCUT2D eigenvalue weighted by Gasteiger charge is -2.21. The van der Waals surface area contributed by atoms with E-state index in [1.165, 1.54) is 0 Å². The Balaban J connectivity index is 1.92. The Labute approximate surface area is 190 Å². The first-order valence-corrected chi connectivity index (χ1v) is 11.2. The molecular formula is C26H34N2O4. The summed E-state index contributed by atoms with van der Waals surface area (Å²) in [5, 5.41) is 3.08. The van der Waals surface area contributed by atoms with Crippen LogP contribution in [-0.2, 0) is 4.79 Å². The second kappa shape index (κ2) is 10.5. The zero-order valence-electron chi connectivity index (χ0n) is 19.7. The molecule has 1 saturated heterocycles. The third-order valence-corrected chi connectivity index (χ3v) is 6.18. The molecule has 2 aromatic rings. The fourth-order valence-electron chi connectivity index (χ4n) is 4.28. The quantitative estimate of drug-likeness (QED) is 0.676. The number of nitrogens with zero attached hydrogens (tertiary/aromatic N) is 1. The van der Waals surface area contributed by atoms with E-state index in [2.05, 4.69) is 19.2 Å². The molecule has 0 spiro atoms. The molecule has 2 atom stereocenters. The minimum atomic E-state index is -0.365. The van der Waals surface area contributed by atoms with Crippen molar-refractivity contribution in [3.63, 3.8) is 0 Å². The van der Waals surface area contributed by atoms with Crippen LogP contribution < -0.4 is 14.8 Å². The molecule has 172 valence electrons. The number of hydrogen-bond acceptors (Lipinski definition) is 4. The first kappa shape index (κ1) is 23.6. The molecule has 32 heavy (non-hydrogen) atoms. The molecule has 6 heteroatoms. The van der Waals surface area contributed by atoms with Gasteiger partial charge in [0.15, 0.2) is 0 Å². The number of ether oxygens (including phenoxy) is 2. The average Bonchev–Trinajstić information content (AvgIpc) is 3.23. The average molecular weight is 439 g/mol. The maximum Gasteiger partial charge on any atom is 0.254 e. The van der Waals surface area contributed by atoms with Gasteiger partial charge in [-0.2, -0.15) is 0 Å². The molecule has 6 nitrogen and oxygen atoms in total. The van der Waals surface area contributed by atoms with Crippen LogP contribution in [0.15, 0.2) is 42.5 Å². The summed E-state index contributed by atoms with van der Waals surface area (Å²) in [6.07, 6.45) is 0.914. The van der Waals surface area contributed by atoms with Gasteiger partial charge in [-0.3, -0.25) is 9.59 Å². The van der Waals surface area contributed by atoms with E-state index in [0.717, 1.165) is 17.5 Å². The van der Waals surface area contributed by atoms with Crippen molar-refractivity contribution in [2.45, 2.75) is 33.1 Å². The number of nitrogens with one attached hydrogen (secondary N) is 1. The standard InChI is InChI=1S/C26H34N2O4/c1-17(2)12-13-27-25(29)23-16-28(26(30)20-9-7-6-8-18(20)3)15-22(23)21-14-19(31-4)10-11-24(21)32-5/h6-11,14,17,22-23H,12-13,15-16H2,1-5H3,(H,27,29)/t22-,23-/m0/s1. The van der Waals surface area contributed by atoms with Crippen LogP contribution in [0.25, 0.3) is 0 Å². The molecule has 0 aromatic heterocycles. The number of hydrogen-bond donors (Lipinski definition) is 1. The number of methoxy groups -OCH3 is 2.